The molecule has 0 bridgehead atoms. The van der Waals surface area contributed by atoms with Crippen LogP contribution in [0, 0.1) is 0 Å². The first-order valence-corrected chi connectivity index (χ1v) is 9.77. The molecule has 0 N–H and O–H groups in total. The SMILES string of the molecule is CCCCCCc1cc2cscc2cc1CCCCCC. The number of aryl methyl sites for hydroxylation is 2. The van der Waals surface area contributed by atoms with Crippen molar-refractivity contribution in [3.05, 3.63) is 34.0 Å². The molecule has 0 radical (unpaired) electrons. The van der Waals surface area contributed by atoms with Crippen molar-refractivity contribution >= 4 is 22.1 Å². The van der Waals surface area contributed by atoms with Crippen LogP contribution in [0.4, 0.5) is 0 Å². The fraction of sp³-hybridized carbons (Fsp3) is 0.600. The number of benzene rings is 1. The van der Waals surface area contributed by atoms with Crippen molar-refractivity contribution in [3.8, 4) is 0 Å². The molecular weight excluding hydrogens is 272 g/mol. The Kier molecular flexibility index (Phi) is 7.29. The van der Waals surface area contributed by atoms with Gasteiger partial charge in [-0.2, -0.15) is 11.3 Å². The third-order valence-corrected chi connectivity index (χ3v) is 5.17. The van der Waals surface area contributed by atoms with E-state index in [1.807, 2.05) is 11.3 Å². The minimum Gasteiger partial charge on any atom is -0.151 e. The number of unbranched alkanes of at least 4 members (excludes halogenated alkanes) is 6. The summed E-state index contributed by atoms with van der Waals surface area (Å²) in [7, 11) is 0. The molecule has 0 aliphatic rings. The molecule has 0 aliphatic heterocycles. The molecule has 0 spiro atoms. The zero-order valence-electron chi connectivity index (χ0n) is 13.8. The first-order chi connectivity index (χ1) is 10.3. The molecule has 1 heteroatoms. The normalized spacial score (nSPS) is 11.3. The lowest BCUT2D eigenvalue weighted by molar-refractivity contribution is 0.651. The van der Waals surface area contributed by atoms with Crippen LogP contribution < -0.4 is 0 Å². The first-order valence-electron chi connectivity index (χ1n) is 8.82. The van der Waals surface area contributed by atoms with Crippen LogP contribution in [0.5, 0.6) is 0 Å². The van der Waals surface area contributed by atoms with Crippen LogP contribution in [0.15, 0.2) is 22.9 Å². The van der Waals surface area contributed by atoms with Gasteiger partial charge in [-0.05, 0) is 58.3 Å². The van der Waals surface area contributed by atoms with E-state index in [1.165, 1.54) is 75.0 Å². The highest BCUT2D eigenvalue weighted by atomic mass is 32.1. The third kappa shape index (κ3) is 5.14. The van der Waals surface area contributed by atoms with Gasteiger partial charge in [0, 0.05) is 0 Å². The summed E-state index contributed by atoms with van der Waals surface area (Å²) in [5.74, 6) is 0. The Morgan fingerprint density at radius 3 is 1.57 bits per heavy atom. The van der Waals surface area contributed by atoms with E-state index in [0.717, 1.165) is 0 Å². The Morgan fingerprint density at radius 1 is 0.667 bits per heavy atom. The van der Waals surface area contributed by atoms with Crippen LogP contribution in [0.3, 0.4) is 0 Å². The quantitative estimate of drug-likeness (QED) is 0.409. The fourth-order valence-electron chi connectivity index (χ4n) is 3.06. The molecule has 0 amide bonds. The Hall–Kier alpha value is -0.820. The van der Waals surface area contributed by atoms with Gasteiger partial charge in [0.05, 0.1) is 0 Å². The van der Waals surface area contributed by atoms with Gasteiger partial charge in [-0.1, -0.05) is 64.5 Å². The zero-order valence-corrected chi connectivity index (χ0v) is 14.6. The van der Waals surface area contributed by atoms with Crippen LogP contribution in [0.2, 0.25) is 0 Å². The van der Waals surface area contributed by atoms with E-state index >= 15 is 0 Å². The fourth-order valence-corrected chi connectivity index (χ4v) is 3.83. The summed E-state index contributed by atoms with van der Waals surface area (Å²) in [6.07, 6.45) is 13.4. The second kappa shape index (κ2) is 9.25. The molecule has 116 valence electrons. The summed E-state index contributed by atoms with van der Waals surface area (Å²) in [6, 6.07) is 4.93. The van der Waals surface area contributed by atoms with Gasteiger partial charge in [0.1, 0.15) is 0 Å². The maximum Gasteiger partial charge on any atom is -0.00144 e. The van der Waals surface area contributed by atoms with Crippen molar-refractivity contribution in [2.45, 2.75) is 78.1 Å². The summed E-state index contributed by atoms with van der Waals surface area (Å²) in [5, 5.41) is 7.49. The van der Waals surface area contributed by atoms with E-state index in [9.17, 15) is 0 Å². The Labute approximate surface area is 134 Å². The molecule has 1 heterocycles. The van der Waals surface area contributed by atoms with Crippen LogP contribution in [-0.2, 0) is 12.8 Å². The van der Waals surface area contributed by atoms with Crippen molar-refractivity contribution in [1.82, 2.24) is 0 Å². The van der Waals surface area contributed by atoms with Crippen LogP contribution in [0.25, 0.3) is 10.8 Å². The Balaban J connectivity index is 2.03. The van der Waals surface area contributed by atoms with Crippen molar-refractivity contribution in [2.24, 2.45) is 0 Å². The van der Waals surface area contributed by atoms with E-state index in [1.54, 1.807) is 11.1 Å². The molecule has 0 saturated carbocycles. The monoisotopic (exact) mass is 302 g/mol. The van der Waals surface area contributed by atoms with Gasteiger partial charge in [-0.15, -0.1) is 0 Å². The zero-order chi connectivity index (χ0) is 14.9. The summed E-state index contributed by atoms with van der Waals surface area (Å²) >= 11 is 1.83. The predicted molar refractivity (Wildman–Crippen MR) is 97.5 cm³/mol. The van der Waals surface area contributed by atoms with Gasteiger partial charge < -0.3 is 0 Å². The smallest absolute Gasteiger partial charge is 0.00144 e. The second-order valence-electron chi connectivity index (χ2n) is 6.24. The molecule has 0 aliphatic carbocycles. The molecule has 1 aromatic carbocycles. The summed E-state index contributed by atoms with van der Waals surface area (Å²) < 4.78 is 0. The van der Waals surface area contributed by atoms with E-state index in [4.69, 9.17) is 0 Å². The first kappa shape index (κ1) is 16.5. The van der Waals surface area contributed by atoms with Gasteiger partial charge in [-0.3, -0.25) is 0 Å². The average molecular weight is 303 g/mol. The Morgan fingerprint density at radius 2 is 1.14 bits per heavy atom. The number of rotatable bonds is 10. The van der Waals surface area contributed by atoms with E-state index in [2.05, 4.69) is 36.7 Å². The number of hydrogen-bond acceptors (Lipinski definition) is 1. The molecule has 0 saturated heterocycles. The highest BCUT2D eigenvalue weighted by Crippen LogP contribution is 2.26. The predicted octanol–water partition coefficient (Wildman–Crippen LogP) is 7.15. The lowest BCUT2D eigenvalue weighted by Gasteiger charge is -2.11. The van der Waals surface area contributed by atoms with Gasteiger partial charge in [0.2, 0.25) is 0 Å². The molecular formula is C20H30S. The molecule has 2 rings (SSSR count). The third-order valence-electron chi connectivity index (χ3n) is 4.39. The summed E-state index contributed by atoms with van der Waals surface area (Å²) in [6.45, 7) is 4.58. The van der Waals surface area contributed by atoms with Crippen molar-refractivity contribution in [1.29, 1.82) is 0 Å². The van der Waals surface area contributed by atoms with Gasteiger partial charge in [0.25, 0.3) is 0 Å². The number of hydrogen-bond donors (Lipinski definition) is 0. The van der Waals surface area contributed by atoms with Crippen molar-refractivity contribution < 1.29 is 0 Å². The molecule has 0 nitrogen and oxygen atoms in total. The average Bonchev–Trinajstić information content (AvgIpc) is 2.95. The van der Waals surface area contributed by atoms with Crippen LogP contribution >= 0.6 is 11.3 Å². The van der Waals surface area contributed by atoms with E-state index in [-0.39, 0.29) is 0 Å². The van der Waals surface area contributed by atoms with Crippen LogP contribution in [0.1, 0.15) is 76.3 Å². The maximum atomic E-state index is 2.47. The number of fused-ring (bicyclic) bond motifs is 1. The summed E-state index contributed by atoms with van der Waals surface area (Å²) in [4.78, 5) is 0. The molecule has 0 unspecified atom stereocenters. The topological polar surface area (TPSA) is 0 Å². The minimum absolute atomic E-state index is 1.27. The standard InChI is InChI=1S/C20H30S/c1-3-5-7-9-11-17-13-19-15-21-16-20(19)14-18(17)12-10-8-6-4-2/h13-16H,3-12H2,1-2H3. The van der Waals surface area contributed by atoms with Crippen LogP contribution in [-0.4, -0.2) is 0 Å². The highest BCUT2D eigenvalue weighted by molar-refractivity contribution is 7.09. The molecule has 2 aromatic rings. The van der Waals surface area contributed by atoms with E-state index < -0.39 is 0 Å². The minimum atomic E-state index is 1.27. The Bertz CT molecular complexity index is 478. The highest BCUT2D eigenvalue weighted by Gasteiger charge is 2.06. The largest absolute Gasteiger partial charge is 0.151 e. The number of thiophene rings is 1. The summed E-state index contributed by atoms with van der Waals surface area (Å²) in [5.41, 5.74) is 3.24. The lowest BCUT2D eigenvalue weighted by Crippen LogP contribution is -1.96. The maximum absolute atomic E-state index is 2.47. The van der Waals surface area contributed by atoms with Gasteiger partial charge in [-0.25, -0.2) is 0 Å². The molecule has 21 heavy (non-hydrogen) atoms. The van der Waals surface area contributed by atoms with Gasteiger partial charge >= 0.3 is 0 Å². The van der Waals surface area contributed by atoms with Gasteiger partial charge in [0.15, 0.2) is 0 Å². The van der Waals surface area contributed by atoms with Crippen molar-refractivity contribution in [2.75, 3.05) is 0 Å². The molecule has 1 aromatic heterocycles. The molecule has 0 fully saturated rings. The second-order valence-corrected chi connectivity index (χ2v) is 6.99. The van der Waals surface area contributed by atoms with E-state index in [0.29, 0.717) is 0 Å². The van der Waals surface area contributed by atoms with Crippen molar-refractivity contribution in [3.63, 3.8) is 0 Å². The lowest BCUT2D eigenvalue weighted by atomic mass is 9.94. The molecule has 0 atom stereocenters.